The molecule has 3 aromatic rings. The second-order valence-corrected chi connectivity index (χ2v) is 8.59. The molecule has 0 saturated heterocycles. The molecule has 1 heterocycles. The molecule has 1 unspecified atom stereocenters. The summed E-state index contributed by atoms with van der Waals surface area (Å²) in [7, 11) is 1.37. The average molecular weight is 520 g/mol. The van der Waals surface area contributed by atoms with Gasteiger partial charge in [0.25, 0.3) is 5.91 Å². The third-order valence-corrected chi connectivity index (χ3v) is 5.91. The molecule has 1 aliphatic carbocycles. The number of aliphatic hydroxyl groups excluding tert-OH is 1. The minimum Gasteiger partial charge on any atom is -0.493 e. The molecule has 0 bridgehead atoms. The number of carbonyl (C=O) groups excluding carboxylic acids is 1. The van der Waals surface area contributed by atoms with Gasteiger partial charge in [-0.25, -0.2) is 9.37 Å². The van der Waals surface area contributed by atoms with Gasteiger partial charge in [0.2, 0.25) is 5.60 Å². The number of nitrogens with one attached hydrogen (secondary N) is 1. The predicted molar refractivity (Wildman–Crippen MR) is 124 cm³/mol. The van der Waals surface area contributed by atoms with Gasteiger partial charge >= 0.3 is 6.18 Å². The molecule has 0 radical (unpaired) electrons. The van der Waals surface area contributed by atoms with E-state index in [0.29, 0.717) is 5.75 Å². The van der Waals surface area contributed by atoms with Crippen LogP contribution in [0.2, 0.25) is 0 Å². The number of carbonyl (C=O) groups is 1. The third kappa shape index (κ3) is 5.67. The summed E-state index contributed by atoms with van der Waals surface area (Å²) < 4.78 is 66.7. The molecule has 0 spiro atoms. The van der Waals surface area contributed by atoms with Crippen LogP contribution in [0.5, 0.6) is 11.5 Å². The third-order valence-electron chi connectivity index (χ3n) is 5.91. The monoisotopic (exact) mass is 520 g/mol. The van der Waals surface area contributed by atoms with Crippen molar-refractivity contribution in [3.8, 4) is 22.8 Å². The zero-order valence-corrected chi connectivity index (χ0v) is 19.7. The quantitative estimate of drug-likeness (QED) is 0.367. The van der Waals surface area contributed by atoms with Crippen LogP contribution >= 0.6 is 0 Å². The number of halogens is 4. The lowest BCUT2D eigenvalue weighted by molar-refractivity contribution is -0.265. The first-order valence-corrected chi connectivity index (χ1v) is 11.3. The second-order valence-electron chi connectivity index (χ2n) is 8.59. The van der Waals surface area contributed by atoms with Crippen molar-refractivity contribution in [2.45, 2.75) is 37.3 Å². The fourth-order valence-electron chi connectivity index (χ4n) is 3.62. The van der Waals surface area contributed by atoms with Crippen molar-refractivity contribution in [2.75, 3.05) is 13.7 Å². The number of amides is 1. The maximum atomic E-state index is 14.1. The molecular weight excluding hydrogens is 496 g/mol. The smallest absolute Gasteiger partial charge is 0.424 e. The fraction of sp³-hybridized carbons (Fsp3) is 0.308. The van der Waals surface area contributed by atoms with Gasteiger partial charge in [-0.3, -0.25) is 4.79 Å². The van der Waals surface area contributed by atoms with Gasteiger partial charge in [0.15, 0.2) is 11.5 Å². The molecule has 1 atom stereocenters. The van der Waals surface area contributed by atoms with Crippen LogP contribution < -0.4 is 14.8 Å². The Bertz CT molecular complexity index is 1280. The van der Waals surface area contributed by atoms with Crippen molar-refractivity contribution in [3.05, 3.63) is 77.2 Å². The van der Waals surface area contributed by atoms with Gasteiger partial charge in [-0.05, 0) is 61.4 Å². The van der Waals surface area contributed by atoms with Crippen LogP contribution in [-0.2, 0) is 12.2 Å². The number of hydrogen-bond acceptors (Lipinski definition) is 6. The molecular formula is C26H24F4N2O5. The normalized spacial score (nSPS) is 15.1. The molecule has 7 nitrogen and oxygen atoms in total. The maximum absolute atomic E-state index is 14.1. The van der Waals surface area contributed by atoms with E-state index in [1.807, 2.05) is 0 Å². The van der Waals surface area contributed by atoms with E-state index in [1.54, 1.807) is 0 Å². The summed E-state index contributed by atoms with van der Waals surface area (Å²) in [6, 6.07) is 11.1. The summed E-state index contributed by atoms with van der Waals surface area (Å²) in [6.45, 7) is -1.80. The lowest BCUT2D eigenvalue weighted by Gasteiger charge is -2.30. The predicted octanol–water partition coefficient (Wildman–Crippen LogP) is 4.11. The largest absolute Gasteiger partial charge is 0.493 e. The van der Waals surface area contributed by atoms with Crippen LogP contribution in [0, 0.1) is 5.82 Å². The van der Waals surface area contributed by atoms with Gasteiger partial charge in [-0.2, -0.15) is 13.2 Å². The van der Waals surface area contributed by atoms with Crippen molar-refractivity contribution in [1.82, 2.24) is 10.3 Å². The first-order chi connectivity index (χ1) is 17.6. The number of aromatic nitrogens is 1. The van der Waals surface area contributed by atoms with Crippen molar-refractivity contribution >= 4 is 5.91 Å². The molecule has 37 heavy (non-hydrogen) atoms. The first-order valence-electron chi connectivity index (χ1n) is 11.3. The molecule has 3 N–H and O–H groups in total. The first kappa shape index (κ1) is 26.4. The molecule has 1 aliphatic rings. The number of ether oxygens (including phenoxy) is 2. The lowest BCUT2D eigenvalue weighted by atomic mass is 9.95. The number of nitrogens with zero attached hydrogens (tertiary/aromatic N) is 1. The van der Waals surface area contributed by atoms with Crippen molar-refractivity contribution in [1.29, 1.82) is 0 Å². The van der Waals surface area contributed by atoms with E-state index in [2.05, 4.69) is 10.3 Å². The number of methoxy groups -OCH3 is 1. The Labute approximate surface area is 209 Å². The van der Waals surface area contributed by atoms with Crippen LogP contribution in [0.25, 0.3) is 11.3 Å². The highest BCUT2D eigenvalue weighted by atomic mass is 19.4. The van der Waals surface area contributed by atoms with Crippen LogP contribution in [0.1, 0.15) is 34.5 Å². The summed E-state index contributed by atoms with van der Waals surface area (Å²) in [5.74, 6) is -0.793. The Kier molecular flexibility index (Phi) is 7.37. The molecule has 1 saturated carbocycles. The Balaban J connectivity index is 1.61. The Morgan fingerprint density at radius 1 is 1.08 bits per heavy atom. The molecule has 2 aromatic carbocycles. The molecule has 0 aliphatic heterocycles. The van der Waals surface area contributed by atoms with Gasteiger partial charge in [-0.1, -0.05) is 6.07 Å². The van der Waals surface area contributed by atoms with Gasteiger partial charge in [0, 0.05) is 16.7 Å². The zero-order chi connectivity index (χ0) is 26.8. The van der Waals surface area contributed by atoms with Crippen LogP contribution in [0.4, 0.5) is 17.6 Å². The molecule has 1 aromatic heterocycles. The summed E-state index contributed by atoms with van der Waals surface area (Å²) in [6.07, 6.45) is -3.36. The van der Waals surface area contributed by atoms with Gasteiger partial charge in [0.05, 0.1) is 37.8 Å². The highest BCUT2D eigenvalue weighted by molar-refractivity contribution is 5.95. The highest BCUT2D eigenvalue weighted by Crippen LogP contribution is 2.39. The Morgan fingerprint density at radius 2 is 1.78 bits per heavy atom. The number of aliphatic hydroxyl groups is 2. The molecule has 4 rings (SSSR count). The molecule has 11 heteroatoms. The van der Waals surface area contributed by atoms with Crippen LogP contribution in [0.3, 0.4) is 0 Å². The Hall–Kier alpha value is -3.70. The summed E-state index contributed by atoms with van der Waals surface area (Å²) in [5.41, 5.74) is -4.02. The fourth-order valence-corrected chi connectivity index (χ4v) is 3.62. The minimum absolute atomic E-state index is 0.000102. The Morgan fingerprint density at radius 3 is 2.38 bits per heavy atom. The topological polar surface area (TPSA) is 101 Å². The standard InChI is InChI=1S/C26H24F4N2O5/c1-36-21-12-16(4-10-20(21)37-19-8-9-19)24(34)31-14-25(35,26(28,29)30)22-11-5-17(13-33)23(32-22)15-2-6-18(27)7-3-15/h2-7,10-12,19,33,35H,8-9,13-14H2,1H3,(H,31,34). The summed E-state index contributed by atoms with van der Waals surface area (Å²) >= 11 is 0. The van der Waals surface area contributed by atoms with Crippen molar-refractivity contribution in [3.63, 3.8) is 0 Å². The number of rotatable bonds is 9. The van der Waals surface area contributed by atoms with E-state index in [4.69, 9.17) is 9.47 Å². The van der Waals surface area contributed by atoms with E-state index in [-0.39, 0.29) is 34.2 Å². The van der Waals surface area contributed by atoms with Crippen molar-refractivity contribution < 1.29 is 42.0 Å². The summed E-state index contributed by atoms with van der Waals surface area (Å²) in [5, 5.41) is 22.5. The number of alkyl halides is 3. The van der Waals surface area contributed by atoms with Crippen LogP contribution in [0.15, 0.2) is 54.6 Å². The van der Waals surface area contributed by atoms with E-state index in [0.717, 1.165) is 31.0 Å². The van der Waals surface area contributed by atoms with E-state index < -0.39 is 42.3 Å². The van der Waals surface area contributed by atoms with E-state index >= 15 is 0 Å². The van der Waals surface area contributed by atoms with E-state index in [9.17, 15) is 32.6 Å². The second kappa shape index (κ2) is 10.3. The molecule has 1 amide bonds. The van der Waals surface area contributed by atoms with Crippen LogP contribution in [-0.4, -0.2) is 47.0 Å². The highest BCUT2D eigenvalue weighted by Gasteiger charge is 2.56. The minimum atomic E-state index is -5.23. The molecule has 1 fully saturated rings. The lowest BCUT2D eigenvalue weighted by Crippen LogP contribution is -2.51. The maximum Gasteiger partial charge on any atom is 0.424 e. The number of hydrogen-bond donors (Lipinski definition) is 3. The zero-order valence-electron chi connectivity index (χ0n) is 19.7. The molecule has 196 valence electrons. The SMILES string of the molecule is COc1cc(C(=O)NCC(O)(c2ccc(CO)c(-c3ccc(F)cc3)n2)C(F)(F)F)ccc1OC1CC1. The van der Waals surface area contributed by atoms with Gasteiger partial charge in [0.1, 0.15) is 5.82 Å². The summed E-state index contributed by atoms with van der Waals surface area (Å²) in [4.78, 5) is 16.7. The average Bonchev–Trinajstić information content (AvgIpc) is 3.70. The van der Waals surface area contributed by atoms with Gasteiger partial charge < -0.3 is 25.0 Å². The number of benzene rings is 2. The van der Waals surface area contributed by atoms with Crippen molar-refractivity contribution in [2.24, 2.45) is 0 Å². The van der Waals surface area contributed by atoms with Gasteiger partial charge in [-0.15, -0.1) is 0 Å². The number of pyridine rings is 1. The van der Waals surface area contributed by atoms with E-state index in [1.165, 1.54) is 43.5 Å².